The van der Waals surface area contributed by atoms with Crippen LogP contribution in [0, 0.1) is 0 Å². The number of nitrogens with two attached hydrogens (primary N) is 1. The van der Waals surface area contributed by atoms with Gasteiger partial charge in [0.05, 0.1) is 11.9 Å². The average Bonchev–Trinajstić information content (AvgIpc) is 2.04. The molecule has 1 aromatic heterocycles. The fourth-order valence-corrected chi connectivity index (χ4v) is 0.712. The number of alkyl halides is 3. The number of hydrogen-bond acceptors (Lipinski definition) is 3. The monoisotopic (exact) mass is 191 g/mol. The molecule has 1 unspecified atom stereocenters. The van der Waals surface area contributed by atoms with E-state index in [1.54, 1.807) is 0 Å². The molecular formula is C7H8F3N3. The van der Waals surface area contributed by atoms with Crippen LogP contribution in [0.15, 0.2) is 18.6 Å². The van der Waals surface area contributed by atoms with Crippen molar-refractivity contribution in [2.45, 2.75) is 18.6 Å². The Hall–Kier alpha value is -1.17. The summed E-state index contributed by atoms with van der Waals surface area (Å²) >= 11 is 0. The lowest BCUT2D eigenvalue weighted by Gasteiger charge is -2.26. The minimum atomic E-state index is -4.52. The SMILES string of the molecule is CC(N)(c1cnccn1)C(F)(F)F. The van der Waals surface area contributed by atoms with Crippen molar-refractivity contribution in [3.63, 3.8) is 0 Å². The van der Waals surface area contributed by atoms with Gasteiger partial charge in [0, 0.05) is 12.4 Å². The lowest BCUT2D eigenvalue weighted by molar-refractivity contribution is -0.185. The second kappa shape index (κ2) is 2.95. The molecule has 2 N–H and O–H groups in total. The van der Waals surface area contributed by atoms with Crippen molar-refractivity contribution in [2.24, 2.45) is 5.73 Å². The molecule has 0 amide bonds. The molecule has 0 radical (unpaired) electrons. The van der Waals surface area contributed by atoms with Crippen LogP contribution >= 0.6 is 0 Å². The van der Waals surface area contributed by atoms with Gasteiger partial charge in [-0.15, -0.1) is 0 Å². The summed E-state index contributed by atoms with van der Waals surface area (Å²) in [6.45, 7) is 0.858. The van der Waals surface area contributed by atoms with Crippen molar-refractivity contribution in [1.29, 1.82) is 0 Å². The molecule has 1 atom stereocenters. The van der Waals surface area contributed by atoms with Gasteiger partial charge in [0.25, 0.3) is 0 Å². The lowest BCUT2D eigenvalue weighted by atomic mass is 9.99. The summed E-state index contributed by atoms with van der Waals surface area (Å²) in [7, 11) is 0. The van der Waals surface area contributed by atoms with Crippen molar-refractivity contribution in [3.8, 4) is 0 Å². The van der Waals surface area contributed by atoms with E-state index in [2.05, 4.69) is 9.97 Å². The Bertz CT molecular complexity index is 281. The zero-order chi connectivity index (χ0) is 10.1. The number of aromatic nitrogens is 2. The third kappa shape index (κ3) is 1.77. The van der Waals surface area contributed by atoms with E-state index in [0.717, 1.165) is 13.1 Å². The standard InChI is InChI=1S/C7H8F3N3/c1-6(11,7(8,9)10)5-4-12-2-3-13-5/h2-4H,11H2,1H3. The maximum atomic E-state index is 12.3. The molecule has 0 saturated carbocycles. The zero-order valence-electron chi connectivity index (χ0n) is 6.84. The minimum absolute atomic E-state index is 0.289. The molecule has 72 valence electrons. The highest BCUT2D eigenvalue weighted by atomic mass is 19.4. The topological polar surface area (TPSA) is 51.8 Å². The van der Waals surface area contributed by atoms with Gasteiger partial charge in [0.15, 0.2) is 5.54 Å². The van der Waals surface area contributed by atoms with Crippen LogP contribution in [-0.4, -0.2) is 16.1 Å². The van der Waals surface area contributed by atoms with Gasteiger partial charge < -0.3 is 5.73 Å². The Morgan fingerprint density at radius 1 is 1.31 bits per heavy atom. The van der Waals surface area contributed by atoms with E-state index < -0.39 is 11.7 Å². The highest BCUT2D eigenvalue weighted by Crippen LogP contribution is 2.34. The molecule has 1 aromatic rings. The van der Waals surface area contributed by atoms with E-state index in [9.17, 15) is 13.2 Å². The molecule has 13 heavy (non-hydrogen) atoms. The average molecular weight is 191 g/mol. The first-order chi connectivity index (χ1) is 5.86. The van der Waals surface area contributed by atoms with Crippen LogP contribution in [0.3, 0.4) is 0 Å². The van der Waals surface area contributed by atoms with Crippen LogP contribution in [0.2, 0.25) is 0 Å². The number of hydrogen-bond donors (Lipinski definition) is 1. The van der Waals surface area contributed by atoms with Gasteiger partial charge >= 0.3 is 6.18 Å². The third-order valence-corrected chi connectivity index (χ3v) is 1.68. The quantitative estimate of drug-likeness (QED) is 0.725. The number of halogens is 3. The van der Waals surface area contributed by atoms with Crippen LogP contribution in [-0.2, 0) is 5.54 Å². The van der Waals surface area contributed by atoms with Crippen molar-refractivity contribution in [2.75, 3.05) is 0 Å². The van der Waals surface area contributed by atoms with Gasteiger partial charge in [-0.05, 0) is 6.92 Å². The van der Waals surface area contributed by atoms with E-state index in [0.29, 0.717) is 0 Å². The second-order valence-electron chi connectivity index (χ2n) is 2.79. The van der Waals surface area contributed by atoms with Crippen molar-refractivity contribution in [3.05, 3.63) is 24.3 Å². The highest BCUT2D eigenvalue weighted by Gasteiger charge is 2.50. The molecule has 0 fully saturated rings. The maximum absolute atomic E-state index is 12.3. The number of nitrogens with zero attached hydrogens (tertiary/aromatic N) is 2. The summed E-state index contributed by atoms with van der Waals surface area (Å²) in [6.07, 6.45) is -1.06. The Kier molecular flexibility index (Phi) is 2.25. The molecule has 0 aromatic carbocycles. The van der Waals surface area contributed by atoms with Crippen molar-refractivity contribution in [1.82, 2.24) is 9.97 Å². The molecule has 1 rings (SSSR count). The van der Waals surface area contributed by atoms with Gasteiger partial charge in [0.1, 0.15) is 0 Å². The molecule has 0 aliphatic heterocycles. The van der Waals surface area contributed by atoms with Crippen LogP contribution in [0.25, 0.3) is 0 Å². The molecule has 1 heterocycles. The molecule has 0 saturated heterocycles. The van der Waals surface area contributed by atoms with Gasteiger partial charge in [-0.2, -0.15) is 13.2 Å². The van der Waals surface area contributed by atoms with E-state index in [4.69, 9.17) is 5.73 Å². The molecule has 6 heteroatoms. The van der Waals surface area contributed by atoms with E-state index in [1.165, 1.54) is 12.4 Å². The van der Waals surface area contributed by atoms with Crippen molar-refractivity contribution >= 4 is 0 Å². The normalized spacial score (nSPS) is 16.7. The first kappa shape index (κ1) is 9.91. The molecule has 0 spiro atoms. The predicted molar refractivity (Wildman–Crippen MR) is 39.6 cm³/mol. The summed E-state index contributed by atoms with van der Waals surface area (Å²) in [6, 6.07) is 0. The molecule has 3 nitrogen and oxygen atoms in total. The van der Waals surface area contributed by atoms with Crippen LogP contribution in [0.5, 0.6) is 0 Å². The fraction of sp³-hybridized carbons (Fsp3) is 0.429. The smallest absolute Gasteiger partial charge is 0.313 e. The second-order valence-corrected chi connectivity index (χ2v) is 2.79. The van der Waals surface area contributed by atoms with Crippen LogP contribution in [0.1, 0.15) is 12.6 Å². The van der Waals surface area contributed by atoms with Gasteiger partial charge in [-0.1, -0.05) is 0 Å². The molecule has 0 aliphatic carbocycles. The first-order valence-corrected chi connectivity index (χ1v) is 3.48. The summed E-state index contributed by atoms with van der Waals surface area (Å²) in [5.41, 5.74) is 2.36. The summed E-state index contributed by atoms with van der Waals surface area (Å²) in [5.74, 6) is 0. The minimum Gasteiger partial charge on any atom is -0.313 e. The Morgan fingerprint density at radius 3 is 2.31 bits per heavy atom. The zero-order valence-corrected chi connectivity index (χ0v) is 6.84. The van der Waals surface area contributed by atoms with Crippen LogP contribution < -0.4 is 5.73 Å². The molecule has 0 aliphatic rings. The van der Waals surface area contributed by atoms with Crippen LogP contribution in [0.4, 0.5) is 13.2 Å². The van der Waals surface area contributed by atoms with Gasteiger partial charge in [-0.25, -0.2) is 0 Å². The Balaban J connectivity index is 3.08. The molecular weight excluding hydrogens is 183 g/mol. The highest BCUT2D eigenvalue weighted by molar-refractivity contribution is 5.11. The Morgan fingerprint density at radius 2 is 1.92 bits per heavy atom. The van der Waals surface area contributed by atoms with Crippen molar-refractivity contribution < 1.29 is 13.2 Å². The lowest BCUT2D eigenvalue weighted by Crippen LogP contribution is -2.48. The molecule has 0 bridgehead atoms. The summed E-state index contributed by atoms with van der Waals surface area (Å²) in [5, 5.41) is 0. The summed E-state index contributed by atoms with van der Waals surface area (Å²) in [4.78, 5) is 7.03. The van der Waals surface area contributed by atoms with E-state index >= 15 is 0 Å². The summed E-state index contributed by atoms with van der Waals surface area (Å²) < 4.78 is 37.0. The fourth-order valence-electron chi connectivity index (χ4n) is 0.712. The third-order valence-electron chi connectivity index (χ3n) is 1.68. The Labute approximate surface area is 72.8 Å². The first-order valence-electron chi connectivity index (χ1n) is 3.48. The maximum Gasteiger partial charge on any atom is 0.411 e. The largest absolute Gasteiger partial charge is 0.411 e. The van der Waals surface area contributed by atoms with Gasteiger partial charge in [-0.3, -0.25) is 9.97 Å². The van der Waals surface area contributed by atoms with Gasteiger partial charge in [0.2, 0.25) is 0 Å². The van der Waals surface area contributed by atoms with E-state index in [1.807, 2.05) is 0 Å². The number of rotatable bonds is 1. The predicted octanol–water partition coefficient (Wildman–Crippen LogP) is 1.21. The van der Waals surface area contributed by atoms with E-state index in [-0.39, 0.29) is 5.69 Å².